The van der Waals surface area contributed by atoms with Crippen LogP contribution in [0.3, 0.4) is 0 Å². The number of nitrogens with zero attached hydrogens (tertiary/aromatic N) is 2. The van der Waals surface area contributed by atoms with Gasteiger partial charge in [-0.25, -0.2) is 0 Å². The zero-order valence-electron chi connectivity index (χ0n) is 10.1. The molecule has 0 radical (unpaired) electrons. The van der Waals surface area contributed by atoms with E-state index in [2.05, 4.69) is 5.32 Å². The molecule has 1 fully saturated rings. The topological polar surface area (TPSA) is 88.2 Å². The highest BCUT2D eigenvalue weighted by atomic mass is 127. The normalized spacial score (nSPS) is 18.0. The van der Waals surface area contributed by atoms with E-state index in [1.807, 2.05) is 28.7 Å². The van der Waals surface area contributed by atoms with Crippen molar-refractivity contribution < 1.29 is 9.66 Å². The van der Waals surface area contributed by atoms with Crippen LogP contribution in [-0.2, 0) is 0 Å². The quantitative estimate of drug-likeness (QED) is 0.496. The van der Waals surface area contributed by atoms with E-state index in [9.17, 15) is 10.1 Å². The van der Waals surface area contributed by atoms with Crippen LogP contribution in [0.15, 0.2) is 12.1 Å². The maximum atomic E-state index is 11.0. The first-order valence-electron chi connectivity index (χ1n) is 5.83. The summed E-state index contributed by atoms with van der Waals surface area (Å²) in [6, 6.07) is 4.76. The van der Waals surface area contributed by atoms with Crippen LogP contribution in [0, 0.1) is 30.9 Å². The van der Waals surface area contributed by atoms with Crippen molar-refractivity contribution in [2.24, 2.45) is 5.92 Å². The Morgan fingerprint density at radius 2 is 2.42 bits per heavy atom. The standard InChI is InChI=1S/C12H12IN3O3/c13-10-3-9(5-14)4-11(16(17)18)12(10)19-7-8-1-2-15-6-8/h3-4,8,15H,1-2,6-7H2. The van der Waals surface area contributed by atoms with Gasteiger partial charge < -0.3 is 10.1 Å². The van der Waals surface area contributed by atoms with Crippen molar-refractivity contribution in [2.45, 2.75) is 6.42 Å². The summed E-state index contributed by atoms with van der Waals surface area (Å²) in [5.74, 6) is 0.641. The van der Waals surface area contributed by atoms with Crippen LogP contribution in [0.4, 0.5) is 5.69 Å². The second-order valence-corrected chi connectivity index (χ2v) is 5.51. The minimum atomic E-state index is -0.509. The molecule has 0 bridgehead atoms. The summed E-state index contributed by atoms with van der Waals surface area (Å²) >= 11 is 1.96. The van der Waals surface area contributed by atoms with Crippen LogP contribution in [-0.4, -0.2) is 24.6 Å². The lowest BCUT2D eigenvalue weighted by molar-refractivity contribution is -0.386. The molecule has 1 unspecified atom stereocenters. The lowest BCUT2D eigenvalue weighted by Gasteiger charge is -2.12. The van der Waals surface area contributed by atoms with Gasteiger partial charge >= 0.3 is 5.69 Å². The van der Waals surface area contributed by atoms with E-state index < -0.39 is 4.92 Å². The van der Waals surface area contributed by atoms with Crippen molar-refractivity contribution >= 4 is 28.3 Å². The summed E-state index contributed by atoms with van der Waals surface area (Å²) in [5.41, 5.74) is 0.125. The lowest BCUT2D eigenvalue weighted by atomic mass is 10.1. The van der Waals surface area contributed by atoms with Gasteiger partial charge in [-0.3, -0.25) is 10.1 Å². The van der Waals surface area contributed by atoms with Crippen LogP contribution < -0.4 is 10.1 Å². The van der Waals surface area contributed by atoms with E-state index in [1.165, 1.54) is 6.07 Å². The van der Waals surface area contributed by atoms with E-state index in [0.717, 1.165) is 19.5 Å². The molecule has 6 nitrogen and oxygen atoms in total. The molecule has 1 heterocycles. The van der Waals surface area contributed by atoms with Crippen molar-refractivity contribution in [1.29, 1.82) is 5.26 Å². The molecule has 2 rings (SSSR count). The van der Waals surface area contributed by atoms with E-state index in [0.29, 0.717) is 16.1 Å². The molecule has 0 aromatic heterocycles. The minimum absolute atomic E-state index is 0.144. The number of rotatable bonds is 4. The highest BCUT2D eigenvalue weighted by Crippen LogP contribution is 2.34. The van der Waals surface area contributed by atoms with E-state index in [-0.39, 0.29) is 17.0 Å². The van der Waals surface area contributed by atoms with Gasteiger partial charge in [-0.1, -0.05) is 0 Å². The maximum Gasteiger partial charge on any atom is 0.313 e. The highest BCUT2D eigenvalue weighted by Gasteiger charge is 2.22. The number of nitro groups is 1. The second-order valence-electron chi connectivity index (χ2n) is 4.35. The number of hydrogen-bond donors (Lipinski definition) is 1. The molecule has 1 atom stereocenters. The summed E-state index contributed by atoms with van der Waals surface area (Å²) in [4.78, 5) is 10.5. The Balaban J connectivity index is 2.22. The fourth-order valence-corrected chi connectivity index (χ4v) is 2.75. The second kappa shape index (κ2) is 6.16. The molecule has 0 aliphatic carbocycles. The van der Waals surface area contributed by atoms with Crippen LogP contribution in [0.25, 0.3) is 0 Å². The van der Waals surface area contributed by atoms with Gasteiger partial charge in [0.2, 0.25) is 5.75 Å². The predicted molar refractivity (Wildman–Crippen MR) is 77.0 cm³/mol. The zero-order valence-corrected chi connectivity index (χ0v) is 12.2. The third-order valence-electron chi connectivity index (χ3n) is 2.98. The Labute approximate surface area is 124 Å². The van der Waals surface area contributed by atoms with Crippen LogP contribution >= 0.6 is 22.6 Å². The van der Waals surface area contributed by atoms with Crippen molar-refractivity contribution in [2.75, 3.05) is 19.7 Å². The van der Waals surface area contributed by atoms with Gasteiger partial charge in [0.1, 0.15) is 0 Å². The summed E-state index contributed by atoms with van der Waals surface area (Å²) in [5, 5.41) is 23.1. The zero-order chi connectivity index (χ0) is 13.8. The third kappa shape index (κ3) is 3.33. The maximum absolute atomic E-state index is 11.0. The number of nitrogens with one attached hydrogen (secondary N) is 1. The molecule has 0 saturated carbocycles. The first-order chi connectivity index (χ1) is 9.11. The first-order valence-corrected chi connectivity index (χ1v) is 6.91. The van der Waals surface area contributed by atoms with Crippen LogP contribution in [0.2, 0.25) is 0 Å². The molecule has 1 N–H and O–H groups in total. The SMILES string of the molecule is N#Cc1cc(I)c(OCC2CCNC2)c([N+](=O)[O-])c1. The van der Waals surface area contributed by atoms with Gasteiger partial charge in [-0.2, -0.15) is 5.26 Å². The molecular weight excluding hydrogens is 361 g/mol. The monoisotopic (exact) mass is 373 g/mol. The molecule has 1 aromatic carbocycles. The van der Waals surface area contributed by atoms with E-state index in [1.54, 1.807) is 6.07 Å². The predicted octanol–water partition coefficient (Wildman–Crippen LogP) is 2.06. The van der Waals surface area contributed by atoms with Gasteiger partial charge in [-0.15, -0.1) is 0 Å². The molecule has 7 heteroatoms. The molecule has 19 heavy (non-hydrogen) atoms. The first kappa shape index (κ1) is 14.0. The van der Waals surface area contributed by atoms with Gasteiger partial charge in [-0.05, 0) is 41.6 Å². The number of halogens is 1. The number of benzene rings is 1. The Hall–Kier alpha value is -1.40. The molecule has 0 spiro atoms. The van der Waals surface area contributed by atoms with E-state index >= 15 is 0 Å². The van der Waals surface area contributed by atoms with Crippen LogP contribution in [0.5, 0.6) is 5.75 Å². The van der Waals surface area contributed by atoms with Crippen molar-refractivity contribution in [1.82, 2.24) is 5.32 Å². The average Bonchev–Trinajstić information content (AvgIpc) is 2.89. The third-order valence-corrected chi connectivity index (χ3v) is 3.78. The number of nitro benzene ring substituents is 1. The highest BCUT2D eigenvalue weighted by molar-refractivity contribution is 14.1. The minimum Gasteiger partial charge on any atom is -0.486 e. The largest absolute Gasteiger partial charge is 0.486 e. The number of nitriles is 1. The Morgan fingerprint density at radius 1 is 1.63 bits per heavy atom. The van der Waals surface area contributed by atoms with Crippen molar-refractivity contribution in [3.8, 4) is 11.8 Å². The molecule has 1 aliphatic heterocycles. The molecule has 100 valence electrons. The summed E-state index contributed by atoms with van der Waals surface area (Å²) in [6.07, 6.45) is 1.01. The molecule has 0 amide bonds. The van der Waals surface area contributed by atoms with Gasteiger partial charge in [0.25, 0.3) is 0 Å². The number of hydrogen-bond acceptors (Lipinski definition) is 5. The Kier molecular flexibility index (Phi) is 4.55. The Bertz CT molecular complexity index is 536. The van der Waals surface area contributed by atoms with Crippen molar-refractivity contribution in [3.63, 3.8) is 0 Å². The van der Waals surface area contributed by atoms with Gasteiger partial charge in [0, 0.05) is 18.5 Å². The molecule has 1 aliphatic rings. The molecule has 1 aromatic rings. The fraction of sp³-hybridized carbons (Fsp3) is 0.417. The molecule has 1 saturated heterocycles. The van der Waals surface area contributed by atoms with Gasteiger partial charge in [0.05, 0.1) is 26.7 Å². The molecular formula is C12H12IN3O3. The summed E-state index contributed by atoms with van der Waals surface area (Å²) in [7, 11) is 0. The van der Waals surface area contributed by atoms with Crippen molar-refractivity contribution in [3.05, 3.63) is 31.4 Å². The van der Waals surface area contributed by atoms with Crippen LogP contribution in [0.1, 0.15) is 12.0 Å². The van der Waals surface area contributed by atoms with Gasteiger partial charge in [0.15, 0.2) is 0 Å². The fourth-order valence-electron chi connectivity index (χ4n) is 1.98. The summed E-state index contributed by atoms with van der Waals surface area (Å²) < 4.78 is 6.21. The number of ether oxygens (including phenoxy) is 1. The van der Waals surface area contributed by atoms with E-state index in [4.69, 9.17) is 10.00 Å². The summed E-state index contributed by atoms with van der Waals surface area (Å²) in [6.45, 7) is 2.29. The average molecular weight is 373 g/mol. The lowest BCUT2D eigenvalue weighted by Crippen LogP contribution is -2.16. The smallest absolute Gasteiger partial charge is 0.313 e. The Morgan fingerprint density at radius 3 is 3.00 bits per heavy atom.